The summed E-state index contributed by atoms with van der Waals surface area (Å²) >= 11 is 6.19. The predicted molar refractivity (Wildman–Crippen MR) is 85.8 cm³/mol. The molecule has 0 aromatic carbocycles. The summed E-state index contributed by atoms with van der Waals surface area (Å²) < 4.78 is 46.3. The Kier molecular flexibility index (Phi) is 3.91. The zero-order valence-corrected chi connectivity index (χ0v) is 14.0. The average molecular weight is 385 g/mol. The number of halogens is 4. The summed E-state index contributed by atoms with van der Waals surface area (Å²) in [7, 11) is 0. The first kappa shape index (κ1) is 16.9. The Morgan fingerprint density at radius 1 is 1.27 bits per heavy atom. The van der Waals surface area contributed by atoms with Crippen molar-refractivity contribution in [1.29, 1.82) is 0 Å². The van der Waals surface area contributed by atoms with Gasteiger partial charge in [0.1, 0.15) is 10.7 Å². The van der Waals surface area contributed by atoms with E-state index in [-0.39, 0.29) is 27.8 Å². The second-order valence-corrected chi connectivity index (χ2v) is 6.28. The quantitative estimate of drug-likeness (QED) is 0.672. The van der Waals surface area contributed by atoms with Gasteiger partial charge in [0.25, 0.3) is 5.91 Å². The van der Waals surface area contributed by atoms with E-state index in [4.69, 9.17) is 16.0 Å². The number of furan rings is 1. The van der Waals surface area contributed by atoms with Gasteiger partial charge >= 0.3 is 6.18 Å². The van der Waals surface area contributed by atoms with Crippen molar-refractivity contribution in [3.05, 3.63) is 40.9 Å². The van der Waals surface area contributed by atoms with Gasteiger partial charge in [-0.1, -0.05) is 11.6 Å². The van der Waals surface area contributed by atoms with Crippen LogP contribution < -0.4 is 0 Å². The molecule has 0 N–H and O–H groups in total. The van der Waals surface area contributed by atoms with Gasteiger partial charge < -0.3 is 9.32 Å². The normalized spacial score (nSPS) is 15.2. The van der Waals surface area contributed by atoms with Gasteiger partial charge in [-0.25, -0.2) is 9.50 Å². The molecule has 136 valence electrons. The first-order valence-corrected chi connectivity index (χ1v) is 8.23. The standard InChI is InChI=1S/C16H12ClF3N4O2/c17-12-13(15(25)23-5-1-2-6-23)22-24-11(16(18,19)20)8-9(21-14(12)24)10-4-3-7-26-10/h3-4,7-8H,1-2,5-6H2. The molecule has 4 heterocycles. The van der Waals surface area contributed by atoms with Crippen molar-refractivity contribution < 1.29 is 22.4 Å². The summed E-state index contributed by atoms with van der Waals surface area (Å²) in [5.74, 6) is -0.339. The number of amides is 1. The fourth-order valence-corrected chi connectivity index (χ4v) is 3.19. The Labute approximate surface area is 150 Å². The maximum absolute atomic E-state index is 13.5. The number of fused-ring (bicyclic) bond motifs is 1. The molecule has 0 saturated carbocycles. The molecule has 4 rings (SSSR count). The lowest BCUT2D eigenvalue weighted by molar-refractivity contribution is -0.142. The molecular formula is C16H12ClF3N4O2. The summed E-state index contributed by atoms with van der Waals surface area (Å²) in [6, 6.07) is 3.84. The highest BCUT2D eigenvalue weighted by molar-refractivity contribution is 6.36. The highest BCUT2D eigenvalue weighted by Crippen LogP contribution is 2.35. The summed E-state index contributed by atoms with van der Waals surface area (Å²) in [6.45, 7) is 1.06. The number of rotatable bonds is 2. The maximum atomic E-state index is 13.5. The monoisotopic (exact) mass is 384 g/mol. The van der Waals surface area contributed by atoms with E-state index in [0.717, 1.165) is 18.9 Å². The maximum Gasteiger partial charge on any atom is 0.433 e. The molecular weight excluding hydrogens is 373 g/mol. The summed E-state index contributed by atoms with van der Waals surface area (Å²) in [4.78, 5) is 18.2. The smallest absolute Gasteiger partial charge is 0.433 e. The van der Waals surface area contributed by atoms with Crippen LogP contribution in [0.25, 0.3) is 17.1 Å². The van der Waals surface area contributed by atoms with Crippen molar-refractivity contribution in [1.82, 2.24) is 19.5 Å². The van der Waals surface area contributed by atoms with Crippen molar-refractivity contribution in [2.75, 3.05) is 13.1 Å². The van der Waals surface area contributed by atoms with Crippen LogP contribution in [0.5, 0.6) is 0 Å². The Bertz CT molecular complexity index is 976. The van der Waals surface area contributed by atoms with Gasteiger partial charge in [-0.3, -0.25) is 4.79 Å². The van der Waals surface area contributed by atoms with Crippen molar-refractivity contribution >= 4 is 23.2 Å². The number of carbonyl (C=O) groups excluding carboxylic acids is 1. The molecule has 1 fully saturated rings. The minimum Gasteiger partial charge on any atom is -0.463 e. The van der Waals surface area contributed by atoms with Gasteiger partial charge in [0.05, 0.1) is 6.26 Å². The third-order valence-electron chi connectivity index (χ3n) is 4.19. The average Bonchev–Trinajstić information content (AvgIpc) is 3.34. The van der Waals surface area contributed by atoms with E-state index in [0.29, 0.717) is 17.6 Å². The molecule has 26 heavy (non-hydrogen) atoms. The third kappa shape index (κ3) is 2.72. The van der Waals surface area contributed by atoms with Crippen LogP contribution in [0.2, 0.25) is 5.02 Å². The molecule has 0 aliphatic carbocycles. The minimum atomic E-state index is -4.72. The molecule has 0 spiro atoms. The van der Waals surface area contributed by atoms with E-state index in [1.165, 1.54) is 23.3 Å². The molecule has 0 atom stereocenters. The Morgan fingerprint density at radius 2 is 2.00 bits per heavy atom. The molecule has 1 amide bonds. The van der Waals surface area contributed by atoms with E-state index >= 15 is 0 Å². The highest BCUT2D eigenvalue weighted by Gasteiger charge is 2.37. The van der Waals surface area contributed by atoms with Gasteiger partial charge in [0.15, 0.2) is 22.8 Å². The van der Waals surface area contributed by atoms with Gasteiger partial charge in [0, 0.05) is 13.1 Å². The van der Waals surface area contributed by atoms with Crippen molar-refractivity contribution in [2.45, 2.75) is 19.0 Å². The van der Waals surface area contributed by atoms with E-state index in [1.54, 1.807) is 0 Å². The molecule has 1 saturated heterocycles. The van der Waals surface area contributed by atoms with Crippen LogP contribution in [0.4, 0.5) is 13.2 Å². The van der Waals surface area contributed by atoms with Crippen LogP contribution in [0, 0.1) is 0 Å². The topological polar surface area (TPSA) is 63.6 Å². The second-order valence-electron chi connectivity index (χ2n) is 5.90. The first-order chi connectivity index (χ1) is 12.4. The molecule has 3 aromatic heterocycles. The van der Waals surface area contributed by atoms with Crippen molar-refractivity contribution in [3.63, 3.8) is 0 Å². The Hall–Kier alpha value is -2.55. The highest BCUT2D eigenvalue weighted by atomic mass is 35.5. The van der Waals surface area contributed by atoms with Gasteiger partial charge in [-0.05, 0) is 31.0 Å². The second kappa shape index (κ2) is 6.01. The molecule has 1 aliphatic rings. The fraction of sp³-hybridized carbons (Fsp3) is 0.312. The fourth-order valence-electron chi connectivity index (χ4n) is 2.95. The molecule has 3 aromatic rings. The van der Waals surface area contributed by atoms with Gasteiger partial charge in [-0.2, -0.15) is 18.3 Å². The van der Waals surface area contributed by atoms with E-state index in [9.17, 15) is 18.0 Å². The molecule has 6 nitrogen and oxygen atoms in total. The molecule has 0 bridgehead atoms. The Morgan fingerprint density at radius 3 is 2.62 bits per heavy atom. The van der Waals surface area contributed by atoms with Crippen LogP contribution in [0.1, 0.15) is 29.0 Å². The van der Waals surface area contributed by atoms with Crippen molar-refractivity contribution in [3.8, 4) is 11.5 Å². The van der Waals surface area contributed by atoms with Crippen LogP contribution in [0.15, 0.2) is 28.9 Å². The molecule has 1 aliphatic heterocycles. The number of alkyl halides is 3. The zero-order valence-electron chi connectivity index (χ0n) is 13.3. The minimum absolute atomic E-state index is 0.0446. The number of likely N-dealkylation sites (tertiary alicyclic amines) is 1. The number of aromatic nitrogens is 3. The van der Waals surface area contributed by atoms with E-state index in [1.807, 2.05) is 0 Å². The predicted octanol–water partition coefficient (Wildman–Crippen LogP) is 3.90. The zero-order chi connectivity index (χ0) is 18.5. The summed E-state index contributed by atoms with van der Waals surface area (Å²) in [5, 5.41) is 3.62. The number of hydrogen-bond acceptors (Lipinski definition) is 4. The number of nitrogens with zero attached hydrogens (tertiary/aromatic N) is 4. The number of carbonyl (C=O) groups is 1. The lowest BCUT2D eigenvalue weighted by Crippen LogP contribution is -2.28. The summed E-state index contributed by atoms with van der Waals surface area (Å²) in [6.07, 6.45) is -1.71. The molecule has 10 heteroatoms. The lowest BCUT2D eigenvalue weighted by atomic mass is 10.2. The van der Waals surface area contributed by atoms with Crippen LogP contribution in [-0.4, -0.2) is 38.5 Å². The Balaban J connectivity index is 1.92. The molecule has 0 radical (unpaired) electrons. The summed E-state index contributed by atoms with van der Waals surface area (Å²) in [5.41, 5.74) is -1.60. The SMILES string of the molecule is O=C(c1nn2c(C(F)(F)F)cc(-c3ccco3)nc2c1Cl)N1CCCC1. The third-order valence-corrected chi connectivity index (χ3v) is 4.54. The van der Waals surface area contributed by atoms with E-state index in [2.05, 4.69) is 10.1 Å². The van der Waals surface area contributed by atoms with Gasteiger partial charge in [-0.15, -0.1) is 0 Å². The molecule has 0 unspecified atom stereocenters. The van der Waals surface area contributed by atoms with Crippen molar-refractivity contribution in [2.24, 2.45) is 0 Å². The number of hydrogen-bond donors (Lipinski definition) is 0. The van der Waals surface area contributed by atoms with Crippen LogP contribution in [-0.2, 0) is 6.18 Å². The van der Waals surface area contributed by atoms with Crippen LogP contribution >= 0.6 is 11.6 Å². The first-order valence-electron chi connectivity index (χ1n) is 7.86. The van der Waals surface area contributed by atoms with Gasteiger partial charge in [0.2, 0.25) is 0 Å². The lowest BCUT2D eigenvalue weighted by Gasteiger charge is -2.13. The van der Waals surface area contributed by atoms with Crippen LogP contribution in [0.3, 0.4) is 0 Å². The largest absolute Gasteiger partial charge is 0.463 e. The van der Waals surface area contributed by atoms with E-state index < -0.39 is 17.8 Å².